The molecule has 1 aliphatic heterocycles. The predicted molar refractivity (Wildman–Crippen MR) is 131 cm³/mol. The van der Waals surface area contributed by atoms with Crippen LogP contribution in [-0.2, 0) is 27.4 Å². The molecule has 5 heteroatoms. The summed E-state index contributed by atoms with van der Waals surface area (Å²) >= 11 is 3.46. The zero-order chi connectivity index (χ0) is 22.6. The minimum absolute atomic E-state index is 0.00987. The van der Waals surface area contributed by atoms with E-state index in [1.165, 1.54) is 5.56 Å². The fourth-order valence-electron chi connectivity index (χ4n) is 3.80. The summed E-state index contributed by atoms with van der Waals surface area (Å²) in [5.74, 6) is 0. The van der Waals surface area contributed by atoms with E-state index in [1.54, 1.807) is 6.08 Å². The van der Waals surface area contributed by atoms with Crippen molar-refractivity contribution in [2.75, 3.05) is 13.2 Å². The summed E-state index contributed by atoms with van der Waals surface area (Å²) in [4.78, 5) is 0. The number of aliphatic hydroxyl groups is 1. The summed E-state index contributed by atoms with van der Waals surface area (Å²) in [7, 11) is 0. The van der Waals surface area contributed by atoms with Crippen LogP contribution in [0.2, 0.25) is 0 Å². The van der Waals surface area contributed by atoms with E-state index in [-0.39, 0.29) is 24.9 Å². The van der Waals surface area contributed by atoms with Crippen molar-refractivity contribution in [2.45, 2.75) is 57.7 Å². The largest absolute Gasteiger partial charge is 0.392 e. The van der Waals surface area contributed by atoms with E-state index >= 15 is 0 Å². The fraction of sp³-hybridized carbons (Fsp3) is 0.407. The SMILES string of the molecule is CC(/C=C/CO)=C\[C@@H]1C[C@@H](OCc2ccccc2)C[C@H](CCOCc2ccc(Br)cc2)O1. The number of benzene rings is 2. The molecule has 2 aromatic carbocycles. The minimum atomic E-state index is -0.00987. The molecule has 0 amide bonds. The molecule has 1 N–H and O–H groups in total. The Labute approximate surface area is 200 Å². The van der Waals surface area contributed by atoms with Crippen molar-refractivity contribution in [1.29, 1.82) is 0 Å². The molecule has 0 unspecified atom stereocenters. The Bertz CT molecular complexity index is 848. The Morgan fingerprint density at radius 1 is 1.06 bits per heavy atom. The summed E-state index contributed by atoms with van der Waals surface area (Å²) in [5.41, 5.74) is 3.43. The first-order valence-corrected chi connectivity index (χ1v) is 12.0. The van der Waals surface area contributed by atoms with Crippen LogP contribution in [0.5, 0.6) is 0 Å². The van der Waals surface area contributed by atoms with Gasteiger partial charge >= 0.3 is 0 Å². The molecule has 0 bridgehead atoms. The van der Waals surface area contributed by atoms with E-state index in [2.05, 4.69) is 46.3 Å². The van der Waals surface area contributed by atoms with Gasteiger partial charge in [-0.1, -0.05) is 82.2 Å². The number of ether oxygens (including phenoxy) is 3. The maximum Gasteiger partial charge on any atom is 0.0789 e. The van der Waals surface area contributed by atoms with E-state index in [9.17, 15) is 0 Å². The second kappa shape index (κ2) is 13.7. The molecule has 0 radical (unpaired) electrons. The summed E-state index contributed by atoms with van der Waals surface area (Å²) in [6, 6.07) is 18.5. The maximum absolute atomic E-state index is 9.02. The van der Waals surface area contributed by atoms with Crippen molar-refractivity contribution < 1.29 is 19.3 Å². The average molecular weight is 501 g/mol. The lowest BCUT2D eigenvalue weighted by Crippen LogP contribution is -2.37. The lowest BCUT2D eigenvalue weighted by atomic mass is 9.97. The highest BCUT2D eigenvalue weighted by Crippen LogP contribution is 2.27. The molecular weight excluding hydrogens is 468 g/mol. The zero-order valence-electron chi connectivity index (χ0n) is 18.7. The number of rotatable bonds is 11. The molecule has 172 valence electrons. The molecule has 1 aliphatic rings. The molecule has 1 fully saturated rings. The Kier molecular flexibility index (Phi) is 10.7. The number of aliphatic hydroxyl groups excluding tert-OH is 1. The average Bonchev–Trinajstić information content (AvgIpc) is 2.81. The Morgan fingerprint density at radius 3 is 2.56 bits per heavy atom. The van der Waals surface area contributed by atoms with E-state index in [1.807, 2.05) is 43.3 Å². The third-order valence-corrected chi connectivity index (χ3v) is 5.95. The lowest BCUT2D eigenvalue weighted by molar-refractivity contribution is -0.110. The first-order valence-electron chi connectivity index (χ1n) is 11.2. The molecular formula is C27H33BrO4. The first-order chi connectivity index (χ1) is 15.6. The lowest BCUT2D eigenvalue weighted by Gasteiger charge is -2.34. The summed E-state index contributed by atoms with van der Waals surface area (Å²) in [6.45, 7) is 3.92. The van der Waals surface area contributed by atoms with Crippen molar-refractivity contribution >= 4 is 15.9 Å². The Morgan fingerprint density at radius 2 is 1.81 bits per heavy atom. The quantitative estimate of drug-likeness (QED) is 0.304. The number of hydrogen-bond acceptors (Lipinski definition) is 4. The molecule has 0 aliphatic carbocycles. The minimum Gasteiger partial charge on any atom is -0.392 e. The molecule has 2 aromatic rings. The molecule has 0 aromatic heterocycles. The van der Waals surface area contributed by atoms with Crippen LogP contribution in [0.15, 0.2) is 82.9 Å². The highest BCUT2D eigenvalue weighted by atomic mass is 79.9. The van der Waals surface area contributed by atoms with Crippen LogP contribution in [-0.4, -0.2) is 36.6 Å². The monoisotopic (exact) mass is 500 g/mol. The third-order valence-electron chi connectivity index (χ3n) is 5.42. The fourth-order valence-corrected chi connectivity index (χ4v) is 4.06. The predicted octanol–water partition coefficient (Wildman–Crippen LogP) is 5.98. The Hall–Kier alpha value is -1.76. The van der Waals surface area contributed by atoms with Crippen molar-refractivity contribution in [3.63, 3.8) is 0 Å². The summed E-state index contributed by atoms with van der Waals surface area (Å²) in [5, 5.41) is 9.02. The van der Waals surface area contributed by atoms with Crippen LogP contribution < -0.4 is 0 Å². The van der Waals surface area contributed by atoms with Gasteiger partial charge in [0, 0.05) is 23.9 Å². The highest BCUT2D eigenvalue weighted by Gasteiger charge is 2.29. The molecule has 1 heterocycles. The highest BCUT2D eigenvalue weighted by molar-refractivity contribution is 9.10. The molecule has 32 heavy (non-hydrogen) atoms. The topological polar surface area (TPSA) is 47.9 Å². The standard InChI is InChI=1S/C27H33BrO4/c1-21(6-5-14-29)16-27-18-26(31-20-22-7-3-2-4-8-22)17-25(32-27)13-15-30-19-23-9-11-24(28)12-10-23/h2-12,16,25-27,29H,13-15,17-20H2,1H3/b6-5+,21-16+/t25-,26-,27+/m0/s1. The van der Waals surface area contributed by atoms with E-state index < -0.39 is 0 Å². The van der Waals surface area contributed by atoms with Crippen LogP contribution in [0.1, 0.15) is 37.3 Å². The smallest absolute Gasteiger partial charge is 0.0789 e. The van der Waals surface area contributed by atoms with Gasteiger partial charge in [0.2, 0.25) is 0 Å². The molecule has 3 atom stereocenters. The van der Waals surface area contributed by atoms with Gasteiger partial charge in [-0.3, -0.25) is 0 Å². The number of halogens is 1. The van der Waals surface area contributed by atoms with E-state index in [0.717, 1.165) is 34.9 Å². The first kappa shape index (κ1) is 24.9. The van der Waals surface area contributed by atoms with Crippen LogP contribution in [0.4, 0.5) is 0 Å². The van der Waals surface area contributed by atoms with Crippen molar-refractivity contribution in [3.05, 3.63) is 94.0 Å². The van der Waals surface area contributed by atoms with Crippen molar-refractivity contribution in [3.8, 4) is 0 Å². The van der Waals surface area contributed by atoms with Gasteiger partial charge in [-0.2, -0.15) is 0 Å². The van der Waals surface area contributed by atoms with Gasteiger partial charge in [-0.15, -0.1) is 0 Å². The van der Waals surface area contributed by atoms with Gasteiger partial charge in [-0.25, -0.2) is 0 Å². The van der Waals surface area contributed by atoms with Gasteiger partial charge in [0.15, 0.2) is 0 Å². The number of hydrogen-bond donors (Lipinski definition) is 1. The second-order valence-electron chi connectivity index (χ2n) is 8.15. The van der Waals surface area contributed by atoms with Crippen LogP contribution in [0, 0.1) is 0 Å². The molecule has 4 nitrogen and oxygen atoms in total. The van der Waals surface area contributed by atoms with E-state index in [0.29, 0.717) is 19.8 Å². The van der Waals surface area contributed by atoms with Crippen molar-refractivity contribution in [1.82, 2.24) is 0 Å². The van der Waals surface area contributed by atoms with Gasteiger partial charge in [0.05, 0.1) is 38.1 Å². The summed E-state index contributed by atoms with van der Waals surface area (Å²) < 4.78 is 19.6. The maximum atomic E-state index is 9.02. The summed E-state index contributed by atoms with van der Waals surface area (Å²) in [6.07, 6.45) is 8.53. The Balaban J connectivity index is 1.53. The normalized spacial score (nSPS) is 21.8. The molecule has 1 saturated heterocycles. The van der Waals surface area contributed by atoms with Gasteiger partial charge < -0.3 is 19.3 Å². The van der Waals surface area contributed by atoms with Gasteiger partial charge in [-0.05, 0) is 36.6 Å². The molecule has 3 rings (SSSR count). The molecule has 0 saturated carbocycles. The second-order valence-corrected chi connectivity index (χ2v) is 9.07. The van der Waals surface area contributed by atoms with Crippen molar-refractivity contribution in [2.24, 2.45) is 0 Å². The van der Waals surface area contributed by atoms with Gasteiger partial charge in [0.1, 0.15) is 0 Å². The van der Waals surface area contributed by atoms with Crippen LogP contribution >= 0.6 is 15.9 Å². The van der Waals surface area contributed by atoms with Crippen LogP contribution in [0.25, 0.3) is 0 Å². The molecule has 0 spiro atoms. The third kappa shape index (κ3) is 9.00. The number of allylic oxidation sites excluding steroid dienone is 2. The van der Waals surface area contributed by atoms with E-state index in [4.69, 9.17) is 19.3 Å². The van der Waals surface area contributed by atoms with Gasteiger partial charge in [0.25, 0.3) is 0 Å². The van der Waals surface area contributed by atoms with Crippen LogP contribution in [0.3, 0.4) is 0 Å². The zero-order valence-corrected chi connectivity index (χ0v) is 20.2.